The average Bonchev–Trinajstić information content (AvgIpc) is 2.11. The first-order chi connectivity index (χ1) is 7.31. The Morgan fingerprint density at radius 1 is 1.12 bits per heavy atom. The maximum Gasteiger partial charge on any atom is 1.00 e. The van der Waals surface area contributed by atoms with Gasteiger partial charge >= 0.3 is 18.9 Å². The van der Waals surface area contributed by atoms with Crippen molar-refractivity contribution in [2.24, 2.45) is 11.8 Å². The number of halogens is 1. The number of hydrogen-bond acceptors (Lipinski definition) is 0. The van der Waals surface area contributed by atoms with Gasteiger partial charge in [0.2, 0.25) is 0 Å². The molecule has 0 radical (unpaired) electrons. The van der Waals surface area contributed by atoms with E-state index in [9.17, 15) is 0 Å². The Bertz CT molecular complexity index is 204. The molecule has 0 N–H and O–H groups in total. The molecule has 0 amide bonds. The zero-order valence-electron chi connectivity index (χ0n) is 12.9. The quantitative estimate of drug-likeness (QED) is 0.468. The van der Waals surface area contributed by atoms with Gasteiger partial charge in [0.1, 0.15) is 0 Å². The Balaban J connectivity index is 0. The molecule has 0 saturated carbocycles. The van der Waals surface area contributed by atoms with Crippen molar-refractivity contribution >= 4 is 24.7 Å². The number of hydrogen-bond donors (Lipinski definition) is 0. The van der Waals surface area contributed by atoms with Crippen molar-refractivity contribution in [2.75, 3.05) is 5.88 Å². The second kappa shape index (κ2) is 10.0. The van der Waals surface area contributed by atoms with E-state index < -0.39 is 13.1 Å². The third kappa shape index (κ3) is 8.81. The molecule has 17 heavy (non-hydrogen) atoms. The molecule has 0 aromatic rings. The van der Waals surface area contributed by atoms with Gasteiger partial charge in [0.15, 0.2) is 13.1 Å². The molecule has 96 valence electrons. The van der Waals surface area contributed by atoms with Gasteiger partial charge in [-0.25, -0.2) is 0 Å². The molecule has 0 aliphatic rings. The van der Waals surface area contributed by atoms with Crippen LogP contribution in [0.1, 0.15) is 40.5 Å². The van der Waals surface area contributed by atoms with Crippen LogP contribution < -0.4 is 18.9 Å². The molecule has 0 aliphatic carbocycles. The number of rotatable bonds is 8. The molecule has 0 aromatic heterocycles. The molecule has 3 heteroatoms. The summed E-state index contributed by atoms with van der Waals surface area (Å²) >= 11 is 4.20. The number of allylic oxidation sites excluding steroid dienone is 1. The molecule has 0 aromatic carbocycles. The van der Waals surface area contributed by atoms with Crippen molar-refractivity contribution in [1.29, 1.82) is 0 Å². The average molecular weight is 267 g/mol. The van der Waals surface area contributed by atoms with E-state index in [4.69, 9.17) is 11.6 Å². The van der Waals surface area contributed by atoms with Gasteiger partial charge in [-0.3, -0.25) is 4.44 Å². The van der Waals surface area contributed by atoms with Gasteiger partial charge in [-0.05, 0) is 6.42 Å². The van der Waals surface area contributed by atoms with Gasteiger partial charge in [0, 0.05) is 5.88 Å². The van der Waals surface area contributed by atoms with Crippen molar-refractivity contribution in [2.45, 2.75) is 56.9 Å². The minimum Gasteiger partial charge on any atom is -0.261 e. The predicted octanol–water partition coefficient (Wildman–Crippen LogP) is 2.50. The van der Waals surface area contributed by atoms with Crippen LogP contribution in [-0.4, -0.2) is 19.0 Å². The van der Waals surface area contributed by atoms with Gasteiger partial charge in [-0.1, -0.05) is 46.0 Å². The molecule has 0 rings (SSSR count). The smallest absolute Gasteiger partial charge is 0.261 e. The van der Waals surface area contributed by atoms with Gasteiger partial charge < -0.3 is 0 Å². The fourth-order valence-electron chi connectivity index (χ4n) is 3.15. The number of alkyl halides is 1. The van der Waals surface area contributed by atoms with Crippen molar-refractivity contribution < 1.29 is 18.9 Å². The second-order valence-corrected chi connectivity index (χ2v) is 12.3. The summed E-state index contributed by atoms with van der Waals surface area (Å²) in [6, 6.07) is 0. The van der Waals surface area contributed by atoms with Gasteiger partial charge in [-0.2, -0.15) is 16.4 Å². The van der Waals surface area contributed by atoms with Crippen molar-refractivity contribution in [3.8, 4) is 0 Å². The first-order valence-corrected chi connectivity index (χ1v) is 10.7. The maximum atomic E-state index is 5.78. The molecule has 0 bridgehead atoms. The first kappa shape index (κ1) is 20.5. The summed E-state index contributed by atoms with van der Waals surface area (Å²) in [7, 11) is 0. The van der Waals surface area contributed by atoms with Crippen LogP contribution in [0.15, 0.2) is 11.0 Å². The van der Waals surface area contributed by atoms with Crippen LogP contribution >= 0.6 is 11.6 Å². The van der Waals surface area contributed by atoms with E-state index in [1.807, 2.05) is 0 Å². The summed E-state index contributed by atoms with van der Waals surface area (Å²) in [6.07, 6.45) is 2.26. The zero-order valence-corrected chi connectivity index (χ0v) is 14.8. The summed E-state index contributed by atoms with van der Waals surface area (Å²) in [6.45, 7) is 13.7. The Hall–Kier alpha value is 1.16. The fourth-order valence-corrected chi connectivity index (χ4v) is 9.21. The van der Waals surface area contributed by atoms with E-state index in [1.165, 1.54) is 10.6 Å². The van der Waals surface area contributed by atoms with Crippen LogP contribution in [0.25, 0.3) is 0 Å². The van der Waals surface area contributed by atoms with E-state index in [1.54, 1.807) is 4.44 Å². The normalized spacial score (nSPS) is 11.8. The van der Waals surface area contributed by atoms with E-state index in [2.05, 4.69) is 40.1 Å². The van der Waals surface area contributed by atoms with E-state index in [0.717, 1.165) is 30.6 Å². The molecular weight excluding hydrogens is 238 g/mol. The van der Waals surface area contributed by atoms with Crippen LogP contribution in [0.3, 0.4) is 0 Å². The minimum absolute atomic E-state index is 0. The molecule has 0 fully saturated rings. The van der Waals surface area contributed by atoms with Gasteiger partial charge in [0.05, 0.1) is 0 Å². The topological polar surface area (TPSA) is 0 Å². The Kier molecular flexibility index (Phi) is 12.1. The summed E-state index contributed by atoms with van der Waals surface area (Å²) < 4.78 is 1.57. The monoisotopic (exact) mass is 266 g/mol. The second-order valence-electron chi connectivity index (χ2n) is 6.51. The molecule has 0 saturated heterocycles. The Morgan fingerprint density at radius 3 is 1.82 bits per heavy atom. The fraction of sp³-hybridized carbons (Fsp3) is 0.857. The Labute approximate surface area is 128 Å². The molecule has 0 spiro atoms. The minimum atomic E-state index is -1.58. The summed E-state index contributed by atoms with van der Waals surface area (Å²) in [4.78, 5) is 0. The van der Waals surface area contributed by atoms with Gasteiger partial charge in [-0.15, -0.1) is 18.2 Å². The first-order valence-electron chi connectivity index (χ1n) is 6.78. The third-order valence-electron chi connectivity index (χ3n) is 3.60. The summed E-state index contributed by atoms with van der Waals surface area (Å²) in [5.41, 5.74) is 0. The van der Waals surface area contributed by atoms with Crippen molar-refractivity contribution in [3.63, 3.8) is 0 Å². The third-order valence-corrected chi connectivity index (χ3v) is 10.1. The van der Waals surface area contributed by atoms with E-state index >= 15 is 0 Å². The molecule has 0 heterocycles. The van der Waals surface area contributed by atoms with Crippen LogP contribution in [0.5, 0.6) is 0 Å². The SMILES string of the molecule is C=[C](CCCCl)[Al-]([CH3])([CH2]C(C)C)[CH2]C(C)C.[Li+]. The van der Waals surface area contributed by atoms with Crippen LogP contribution in [-0.2, 0) is 0 Å². The Morgan fingerprint density at radius 2 is 1.53 bits per heavy atom. The maximum absolute atomic E-state index is 5.78. The standard InChI is InChI=1S/C5H8Cl.2C4H9.CH3.Al.Li/c1-2-3-4-5-6;2*1-4(2)3;;;/h1,3-5H2;2*4H,1H2,2-3H3;1H3;;/q;;;;-1;+1. The predicted molar refractivity (Wildman–Crippen MR) is 80.0 cm³/mol. The zero-order chi connectivity index (χ0) is 12.8. The molecule has 0 nitrogen and oxygen atoms in total. The van der Waals surface area contributed by atoms with Crippen LogP contribution in [0, 0.1) is 11.8 Å². The molecular formula is C14H29AlClLi. The summed E-state index contributed by atoms with van der Waals surface area (Å²) in [5, 5.41) is 2.82. The van der Waals surface area contributed by atoms with E-state index in [-0.39, 0.29) is 18.9 Å². The molecule has 0 atom stereocenters. The summed E-state index contributed by atoms with van der Waals surface area (Å²) in [5.74, 6) is 4.93. The molecule has 0 unspecified atom stereocenters. The van der Waals surface area contributed by atoms with Crippen molar-refractivity contribution in [1.82, 2.24) is 0 Å². The molecule has 0 aliphatic heterocycles. The van der Waals surface area contributed by atoms with Gasteiger partial charge in [0.25, 0.3) is 0 Å². The van der Waals surface area contributed by atoms with Crippen LogP contribution in [0.2, 0.25) is 16.4 Å². The largest absolute Gasteiger partial charge is 1.00 e. The van der Waals surface area contributed by atoms with Crippen molar-refractivity contribution in [3.05, 3.63) is 11.0 Å². The van der Waals surface area contributed by atoms with E-state index in [0.29, 0.717) is 0 Å². The van der Waals surface area contributed by atoms with Crippen LogP contribution in [0.4, 0.5) is 0 Å².